The average Bonchev–Trinajstić information content (AvgIpc) is 2.70. The summed E-state index contributed by atoms with van der Waals surface area (Å²) in [4.78, 5) is 25.5. The Morgan fingerprint density at radius 3 is 2.75 bits per heavy atom. The molecule has 0 spiro atoms. The van der Waals surface area contributed by atoms with Crippen molar-refractivity contribution in [2.45, 2.75) is 39.3 Å². The highest BCUT2D eigenvalue weighted by molar-refractivity contribution is 5.81. The molecule has 2 aromatic carbocycles. The molecule has 144 valence electrons. The maximum atomic E-state index is 12.8. The lowest BCUT2D eigenvalue weighted by Crippen LogP contribution is -2.41. The fourth-order valence-corrected chi connectivity index (χ4v) is 4.28. The highest BCUT2D eigenvalue weighted by Crippen LogP contribution is 2.38. The number of benzene rings is 2. The van der Waals surface area contributed by atoms with E-state index >= 15 is 0 Å². The lowest BCUT2D eigenvalue weighted by molar-refractivity contribution is -0.123. The van der Waals surface area contributed by atoms with E-state index in [0.29, 0.717) is 17.2 Å². The lowest BCUT2D eigenvalue weighted by atomic mass is 9.74. The molecule has 1 amide bonds. The molecule has 0 fully saturated rings. The van der Waals surface area contributed by atoms with Crippen molar-refractivity contribution in [1.29, 1.82) is 0 Å². The molecule has 1 aliphatic carbocycles. The second kappa shape index (κ2) is 7.58. The molecule has 0 unspecified atom stereocenters. The third-order valence-electron chi connectivity index (χ3n) is 5.79. The minimum Gasteiger partial charge on any atom is -0.347 e. The van der Waals surface area contributed by atoms with E-state index < -0.39 is 0 Å². The van der Waals surface area contributed by atoms with Gasteiger partial charge >= 0.3 is 0 Å². The van der Waals surface area contributed by atoms with Gasteiger partial charge in [-0.15, -0.1) is 0 Å². The highest BCUT2D eigenvalue weighted by Gasteiger charge is 2.32. The van der Waals surface area contributed by atoms with Crippen LogP contribution in [-0.2, 0) is 17.8 Å². The van der Waals surface area contributed by atoms with Crippen molar-refractivity contribution >= 4 is 16.7 Å². The van der Waals surface area contributed by atoms with Crippen LogP contribution in [0.4, 0.5) is 0 Å². The number of hydrogen-bond donors (Lipinski definition) is 1. The predicted molar refractivity (Wildman–Crippen MR) is 110 cm³/mol. The van der Waals surface area contributed by atoms with Gasteiger partial charge in [-0.05, 0) is 41.9 Å². The van der Waals surface area contributed by atoms with Gasteiger partial charge in [-0.3, -0.25) is 9.59 Å². The molecule has 2 atom stereocenters. The Balaban J connectivity index is 1.59. The van der Waals surface area contributed by atoms with Gasteiger partial charge in [0.15, 0.2) is 0 Å². The van der Waals surface area contributed by atoms with E-state index in [-0.39, 0.29) is 24.1 Å². The SMILES string of the molecule is CC(C)[C@@H]1CCc2ccccc2[C@@H]1NC(=O)Cn1ncc2ccccc2c1=O. The van der Waals surface area contributed by atoms with Crippen LogP contribution in [0.2, 0.25) is 0 Å². The molecule has 0 aliphatic heterocycles. The number of rotatable bonds is 4. The van der Waals surface area contributed by atoms with E-state index in [0.717, 1.165) is 18.2 Å². The molecule has 5 nitrogen and oxygen atoms in total. The maximum Gasteiger partial charge on any atom is 0.275 e. The lowest BCUT2D eigenvalue weighted by Gasteiger charge is -2.36. The minimum absolute atomic E-state index is 0.0337. The summed E-state index contributed by atoms with van der Waals surface area (Å²) in [5, 5.41) is 8.73. The number of nitrogens with zero attached hydrogens (tertiary/aromatic N) is 2. The third kappa shape index (κ3) is 3.44. The van der Waals surface area contributed by atoms with Crippen LogP contribution in [0.1, 0.15) is 37.4 Å². The molecule has 1 heterocycles. The second-order valence-corrected chi connectivity index (χ2v) is 7.89. The molecular weight excluding hydrogens is 350 g/mol. The van der Waals surface area contributed by atoms with Crippen molar-refractivity contribution < 1.29 is 4.79 Å². The monoisotopic (exact) mass is 375 g/mol. The van der Waals surface area contributed by atoms with Gasteiger partial charge in [0.25, 0.3) is 5.56 Å². The second-order valence-electron chi connectivity index (χ2n) is 7.89. The Hall–Kier alpha value is -2.95. The fourth-order valence-electron chi connectivity index (χ4n) is 4.28. The Kier molecular flexibility index (Phi) is 4.99. The Bertz CT molecular complexity index is 1070. The smallest absolute Gasteiger partial charge is 0.275 e. The number of aryl methyl sites for hydroxylation is 1. The van der Waals surface area contributed by atoms with Crippen molar-refractivity contribution in [2.75, 3.05) is 0 Å². The van der Waals surface area contributed by atoms with Gasteiger partial charge in [0, 0.05) is 5.39 Å². The topological polar surface area (TPSA) is 64.0 Å². The summed E-state index contributed by atoms with van der Waals surface area (Å²) in [7, 11) is 0. The zero-order valence-electron chi connectivity index (χ0n) is 16.3. The van der Waals surface area contributed by atoms with Gasteiger partial charge < -0.3 is 5.32 Å². The molecule has 1 aliphatic rings. The van der Waals surface area contributed by atoms with E-state index in [2.05, 4.69) is 36.4 Å². The van der Waals surface area contributed by atoms with Crippen LogP contribution in [-0.4, -0.2) is 15.7 Å². The molecule has 0 saturated heterocycles. The van der Waals surface area contributed by atoms with Crippen LogP contribution in [0.15, 0.2) is 59.5 Å². The van der Waals surface area contributed by atoms with Crippen molar-refractivity contribution in [1.82, 2.24) is 15.1 Å². The van der Waals surface area contributed by atoms with E-state index in [1.165, 1.54) is 15.8 Å². The van der Waals surface area contributed by atoms with Crippen LogP contribution < -0.4 is 10.9 Å². The van der Waals surface area contributed by atoms with Crippen molar-refractivity contribution in [3.05, 3.63) is 76.2 Å². The van der Waals surface area contributed by atoms with Gasteiger partial charge in [0.05, 0.1) is 17.6 Å². The summed E-state index contributed by atoms with van der Waals surface area (Å²) in [6.07, 6.45) is 3.72. The first-order chi connectivity index (χ1) is 13.5. The first-order valence-corrected chi connectivity index (χ1v) is 9.86. The molecule has 5 heteroatoms. The van der Waals surface area contributed by atoms with E-state index in [9.17, 15) is 9.59 Å². The largest absolute Gasteiger partial charge is 0.347 e. The molecule has 1 aromatic heterocycles. The number of aromatic nitrogens is 2. The maximum absolute atomic E-state index is 12.8. The Morgan fingerprint density at radius 2 is 1.93 bits per heavy atom. The number of carbonyl (C=O) groups excluding carboxylic acids is 1. The molecule has 0 radical (unpaired) electrons. The third-order valence-corrected chi connectivity index (χ3v) is 5.79. The molecule has 0 saturated carbocycles. The Morgan fingerprint density at radius 1 is 1.18 bits per heavy atom. The molecular formula is C23H25N3O2. The highest BCUT2D eigenvalue weighted by atomic mass is 16.2. The predicted octanol–water partition coefficient (Wildman–Crippen LogP) is 3.47. The quantitative estimate of drug-likeness (QED) is 0.759. The van der Waals surface area contributed by atoms with E-state index in [4.69, 9.17) is 0 Å². The number of fused-ring (bicyclic) bond motifs is 2. The molecule has 1 N–H and O–H groups in total. The van der Waals surface area contributed by atoms with E-state index in [1.807, 2.05) is 30.3 Å². The standard InChI is InChI=1S/C23H25N3O2/c1-15(2)18-12-11-16-7-3-5-9-19(16)22(18)25-21(27)14-26-23(28)20-10-6-4-8-17(20)13-24-26/h3-10,13,15,18,22H,11-12,14H2,1-2H3,(H,25,27)/t18-,22+/m0/s1. The number of amides is 1. The van der Waals surface area contributed by atoms with Crippen LogP contribution in [0.25, 0.3) is 10.8 Å². The zero-order chi connectivity index (χ0) is 19.7. The van der Waals surface area contributed by atoms with Gasteiger partial charge in [0.2, 0.25) is 5.91 Å². The first-order valence-electron chi connectivity index (χ1n) is 9.86. The zero-order valence-corrected chi connectivity index (χ0v) is 16.3. The Labute approximate surface area is 164 Å². The summed E-state index contributed by atoms with van der Waals surface area (Å²) in [6.45, 7) is 4.33. The van der Waals surface area contributed by atoms with Gasteiger partial charge in [-0.1, -0.05) is 56.3 Å². The summed E-state index contributed by atoms with van der Waals surface area (Å²) in [5.41, 5.74) is 2.25. The van der Waals surface area contributed by atoms with Crippen LogP contribution in [0.5, 0.6) is 0 Å². The summed E-state index contributed by atoms with van der Waals surface area (Å²) in [6, 6.07) is 15.6. The van der Waals surface area contributed by atoms with Gasteiger partial charge in [0.1, 0.15) is 6.54 Å². The van der Waals surface area contributed by atoms with Crippen LogP contribution in [0, 0.1) is 11.8 Å². The summed E-state index contributed by atoms with van der Waals surface area (Å²) >= 11 is 0. The van der Waals surface area contributed by atoms with Crippen molar-refractivity contribution in [2.24, 2.45) is 11.8 Å². The fraction of sp³-hybridized carbons (Fsp3) is 0.348. The summed E-state index contributed by atoms with van der Waals surface area (Å²) in [5.74, 6) is 0.651. The number of hydrogen-bond acceptors (Lipinski definition) is 3. The van der Waals surface area contributed by atoms with Crippen molar-refractivity contribution in [3.8, 4) is 0 Å². The average molecular weight is 375 g/mol. The number of nitrogens with one attached hydrogen (secondary N) is 1. The normalized spacial score (nSPS) is 18.8. The first kappa shape index (κ1) is 18.4. The van der Waals surface area contributed by atoms with E-state index in [1.54, 1.807) is 12.3 Å². The summed E-state index contributed by atoms with van der Waals surface area (Å²) < 4.78 is 1.25. The molecule has 3 aromatic rings. The molecule has 28 heavy (non-hydrogen) atoms. The van der Waals surface area contributed by atoms with Gasteiger partial charge in [-0.2, -0.15) is 5.10 Å². The van der Waals surface area contributed by atoms with Crippen molar-refractivity contribution in [3.63, 3.8) is 0 Å². The number of carbonyl (C=O) groups is 1. The minimum atomic E-state index is -0.238. The molecule has 0 bridgehead atoms. The van der Waals surface area contributed by atoms with Crippen LogP contribution >= 0.6 is 0 Å². The molecule has 4 rings (SSSR count). The van der Waals surface area contributed by atoms with Gasteiger partial charge in [-0.25, -0.2) is 4.68 Å². The van der Waals surface area contributed by atoms with Crippen LogP contribution in [0.3, 0.4) is 0 Å².